The lowest BCUT2D eigenvalue weighted by Gasteiger charge is -2.19. The first kappa shape index (κ1) is 21.7. The highest BCUT2D eigenvalue weighted by molar-refractivity contribution is 7.22. The number of nitrogens with zero attached hydrogens (tertiary/aromatic N) is 3. The smallest absolute Gasteiger partial charge is 0.418 e. The van der Waals surface area contributed by atoms with Crippen molar-refractivity contribution in [3.63, 3.8) is 0 Å². The SMILES string of the molecule is CCOC(=O)CCC(=O)N(Cc1ccccn1)c1nc2c(C(F)(F)F)cccc2s1. The van der Waals surface area contributed by atoms with Crippen LogP contribution in [-0.4, -0.2) is 28.5 Å². The molecule has 0 atom stereocenters. The van der Waals surface area contributed by atoms with Crippen LogP contribution < -0.4 is 4.90 Å². The van der Waals surface area contributed by atoms with Gasteiger partial charge in [0.2, 0.25) is 5.91 Å². The van der Waals surface area contributed by atoms with Gasteiger partial charge >= 0.3 is 12.1 Å². The van der Waals surface area contributed by atoms with Crippen LogP contribution in [0.15, 0.2) is 42.6 Å². The number of amides is 1. The number of para-hydroxylation sites is 1. The molecule has 0 aliphatic heterocycles. The average molecular weight is 437 g/mol. The predicted molar refractivity (Wildman–Crippen MR) is 106 cm³/mol. The third-order valence-corrected chi connectivity index (χ3v) is 5.18. The molecule has 0 aliphatic carbocycles. The zero-order valence-corrected chi connectivity index (χ0v) is 16.8. The van der Waals surface area contributed by atoms with E-state index < -0.39 is 23.6 Å². The number of alkyl halides is 3. The van der Waals surface area contributed by atoms with Gasteiger partial charge in [0.1, 0.15) is 0 Å². The van der Waals surface area contributed by atoms with Crippen LogP contribution in [-0.2, 0) is 27.0 Å². The Labute approximate surface area is 174 Å². The monoisotopic (exact) mass is 437 g/mol. The Kier molecular flexibility index (Phi) is 6.66. The summed E-state index contributed by atoms with van der Waals surface area (Å²) in [6, 6.07) is 8.93. The first-order valence-electron chi connectivity index (χ1n) is 9.12. The lowest BCUT2D eigenvalue weighted by atomic mass is 10.2. The van der Waals surface area contributed by atoms with Gasteiger partial charge in [-0.2, -0.15) is 13.2 Å². The van der Waals surface area contributed by atoms with Gasteiger partial charge in [0, 0.05) is 12.6 Å². The Morgan fingerprint density at radius 2 is 1.93 bits per heavy atom. The van der Waals surface area contributed by atoms with Crippen molar-refractivity contribution < 1.29 is 27.5 Å². The molecule has 0 saturated heterocycles. The minimum Gasteiger partial charge on any atom is -0.466 e. The largest absolute Gasteiger partial charge is 0.466 e. The molecule has 30 heavy (non-hydrogen) atoms. The van der Waals surface area contributed by atoms with Crippen LogP contribution >= 0.6 is 11.3 Å². The van der Waals surface area contributed by atoms with Crippen molar-refractivity contribution in [1.29, 1.82) is 0 Å². The van der Waals surface area contributed by atoms with E-state index in [-0.39, 0.29) is 36.6 Å². The number of fused-ring (bicyclic) bond motifs is 1. The molecule has 0 bridgehead atoms. The number of carbonyl (C=O) groups is 2. The summed E-state index contributed by atoms with van der Waals surface area (Å²) < 4.78 is 45.2. The van der Waals surface area contributed by atoms with E-state index in [9.17, 15) is 22.8 Å². The van der Waals surface area contributed by atoms with Gasteiger partial charge in [0.15, 0.2) is 5.13 Å². The summed E-state index contributed by atoms with van der Waals surface area (Å²) >= 11 is 0.978. The van der Waals surface area contributed by atoms with Crippen LogP contribution in [0.2, 0.25) is 0 Å². The van der Waals surface area contributed by atoms with E-state index in [1.807, 2.05) is 0 Å². The molecule has 0 aliphatic rings. The molecular weight excluding hydrogens is 419 g/mol. The van der Waals surface area contributed by atoms with Gasteiger partial charge in [-0.05, 0) is 31.2 Å². The van der Waals surface area contributed by atoms with Gasteiger partial charge in [-0.3, -0.25) is 19.5 Å². The molecule has 2 heterocycles. The fourth-order valence-electron chi connectivity index (χ4n) is 2.77. The summed E-state index contributed by atoms with van der Waals surface area (Å²) in [7, 11) is 0. The predicted octanol–water partition coefficient (Wildman–Crippen LogP) is 4.59. The van der Waals surface area contributed by atoms with Crippen LogP contribution in [0.4, 0.5) is 18.3 Å². The number of anilines is 1. The van der Waals surface area contributed by atoms with Crippen LogP contribution in [0.1, 0.15) is 31.0 Å². The topological polar surface area (TPSA) is 72.4 Å². The number of benzene rings is 1. The molecule has 0 saturated carbocycles. The molecule has 0 spiro atoms. The highest BCUT2D eigenvalue weighted by Crippen LogP contribution is 2.38. The highest BCUT2D eigenvalue weighted by Gasteiger charge is 2.34. The minimum atomic E-state index is -4.56. The number of halogens is 3. The second-order valence-corrected chi connectivity index (χ2v) is 7.26. The van der Waals surface area contributed by atoms with Crippen molar-refractivity contribution in [1.82, 2.24) is 9.97 Å². The standard InChI is InChI=1S/C20H18F3N3O3S/c1-2-29-17(28)10-9-16(27)26(12-13-6-3-4-11-24-13)19-25-18-14(20(21,22)23)7-5-8-15(18)30-19/h3-8,11H,2,9-10,12H2,1H3. The summed E-state index contributed by atoms with van der Waals surface area (Å²) in [4.78, 5) is 34.0. The number of ether oxygens (including phenoxy) is 1. The van der Waals surface area contributed by atoms with E-state index in [1.165, 1.54) is 17.0 Å². The van der Waals surface area contributed by atoms with Gasteiger partial charge < -0.3 is 4.74 Å². The fourth-order valence-corrected chi connectivity index (χ4v) is 3.78. The maximum Gasteiger partial charge on any atom is 0.418 e. The fraction of sp³-hybridized carbons (Fsp3) is 0.300. The van der Waals surface area contributed by atoms with E-state index in [0.29, 0.717) is 10.4 Å². The number of pyridine rings is 1. The van der Waals surface area contributed by atoms with E-state index in [2.05, 4.69) is 9.97 Å². The van der Waals surface area contributed by atoms with Crippen LogP contribution in [0.5, 0.6) is 0 Å². The summed E-state index contributed by atoms with van der Waals surface area (Å²) in [6.07, 6.45) is -3.31. The number of aromatic nitrogens is 2. The maximum absolute atomic E-state index is 13.3. The van der Waals surface area contributed by atoms with Crippen molar-refractivity contribution in [2.45, 2.75) is 32.5 Å². The van der Waals surface area contributed by atoms with Crippen molar-refractivity contribution in [2.75, 3.05) is 11.5 Å². The third-order valence-electron chi connectivity index (χ3n) is 4.14. The lowest BCUT2D eigenvalue weighted by molar-refractivity contribution is -0.144. The number of hydrogen-bond acceptors (Lipinski definition) is 6. The Hall–Kier alpha value is -3.01. The van der Waals surface area contributed by atoms with Crippen LogP contribution in [0.25, 0.3) is 10.2 Å². The number of rotatable bonds is 7. The first-order chi connectivity index (χ1) is 14.3. The second kappa shape index (κ2) is 9.21. The quantitative estimate of drug-likeness (QED) is 0.506. The highest BCUT2D eigenvalue weighted by atomic mass is 32.1. The molecule has 1 aromatic carbocycles. The van der Waals surface area contributed by atoms with Crippen LogP contribution in [0.3, 0.4) is 0 Å². The van der Waals surface area contributed by atoms with Crippen LogP contribution in [0, 0.1) is 0 Å². The molecule has 0 unspecified atom stereocenters. The molecule has 2 aromatic heterocycles. The normalized spacial score (nSPS) is 11.5. The zero-order valence-electron chi connectivity index (χ0n) is 16.0. The Morgan fingerprint density at radius 3 is 2.60 bits per heavy atom. The summed E-state index contributed by atoms with van der Waals surface area (Å²) in [6.45, 7) is 1.87. The molecule has 1 amide bonds. The maximum atomic E-state index is 13.3. The van der Waals surface area contributed by atoms with Crippen molar-refractivity contribution in [2.24, 2.45) is 0 Å². The Balaban J connectivity index is 1.95. The van der Waals surface area contributed by atoms with E-state index in [0.717, 1.165) is 17.4 Å². The van der Waals surface area contributed by atoms with Crippen molar-refractivity contribution >= 4 is 38.6 Å². The second-order valence-electron chi connectivity index (χ2n) is 6.25. The lowest BCUT2D eigenvalue weighted by Crippen LogP contribution is -2.31. The molecule has 3 rings (SSSR count). The Bertz CT molecular complexity index is 1040. The van der Waals surface area contributed by atoms with Gasteiger partial charge in [-0.1, -0.05) is 23.5 Å². The number of carbonyl (C=O) groups excluding carboxylic acids is 2. The Morgan fingerprint density at radius 1 is 1.13 bits per heavy atom. The molecular formula is C20H18F3N3O3S. The molecule has 10 heteroatoms. The zero-order chi connectivity index (χ0) is 21.7. The summed E-state index contributed by atoms with van der Waals surface area (Å²) in [5.41, 5.74) is -0.536. The number of esters is 1. The van der Waals surface area contributed by atoms with Crippen molar-refractivity contribution in [3.05, 3.63) is 53.9 Å². The molecule has 6 nitrogen and oxygen atoms in total. The van der Waals surface area contributed by atoms with Gasteiger partial charge in [-0.15, -0.1) is 0 Å². The number of thiazole rings is 1. The third kappa shape index (κ3) is 5.12. The number of hydrogen-bond donors (Lipinski definition) is 0. The van der Waals surface area contributed by atoms with Gasteiger partial charge in [0.05, 0.1) is 41.0 Å². The molecule has 0 fully saturated rings. The van der Waals surface area contributed by atoms with Crippen molar-refractivity contribution in [3.8, 4) is 0 Å². The molecule has 158 valence electrons. The van der Waals surface area contributed by atoms with E-state index >= 15 is 0 Å². The first-order valence-corrected chi connectivity index (χ1v) is 9.94. The minimum absolute atomic E-state index is 0.0175. The molecule has 0 radical (unpaired) electrons. The van der Waals surface area contributed by atoms with E-state index in [1.54, 1.807) is 31.3 Å². The van der Waals surface area contributed by atoms with Gasteiger partial charge in [0.25, 0.3) is 0 Å². The van der Waals surface area contributed by atoms with E-state index in [4.69, 9.17) is 4.74 Å². The summed E-state index contributed by atoms with van der Waals surface area (Å²) in [5, 5.41) is 0.112. The average Bonchev–Trinajstić information content (AvgIpc) is 3.14. The molecule has 0 N–H and O–H groups in total. The van der Waals surface area contributed by atoms with Gasteiger partial charge in [-0.25, -0.2) is 4.98 Å². The summed E-state index contributed by atoms with van der Waals surface area (Å²) in [5.74, 6) is -0.978. The molecule has 3 aromatic rings.